The van der Waals surface area contributed by atoms with E-state index in [0.717, 1.165) is 5.56 Å². The van der Waals surface area contributed by atoms with E-state index in [2.05, 4.69) is 0 Å². The molecule has 0 bridgehead atoms. The number of carbonyl (C=O) groups is 2. The summed E-state index contributed by atoms with van der Waals surface area (Å²) >= 11 is 0. The van der Waals surface area contributed by atoms with Crippen molar-refractivity contribution in [3.63, 3.8) is 0 Å². The predicted octanol–water partition coefficient (Wildman–Crippen LogP) is 0.669. The number of carbonyl (C=O) groups excluding carboxylic acids is 2. The summed E-state index contributed by atoms with van der Waals surface area (Å²) in [7, 11) is 0. The highest BCUT2D eigenvalue weighted by Crippen LogP contribution is 2.30. The number of amides is 2. The van der Waals surface area contributed by atoms with Crippen LogP contribution in [0.1, 0.15) is 18.9 Å². The molecule has 0 aromatic heterocycles. The summed E-state index contributed by atoms with van der Waals surface area (Å²) in [5.41, 5.74) is 13.4. The van der Waals surface area contributed by atoms with Gasteiger partial charge in [-0.3, -0.25) is 14.5 Å². The fourth-order valence-electron chi connectivity index (χ4n) is 2.07. The summed E-state index contributed by atoms with van der Waals surface area (Å²) < 4.78 is 0. The molecule has 96 valence electrons. The first-order valence-corrected chi connectivity index (χ1v) is 6.00. The second-order valence-electron chi connectivity index (χ2n) is 4.59. The minimum Gasteiger partial charge on any atom is -0.399 e. The maximum absolute atomic E-state index is 12.2. The molecule has 0 spiro atoms. The van der Waals surface area contributed by atoms with Gasteiger partial charge < -0.3 is 11.5 Å². The molecule has 5 heteroatoms. The summed E-state index contributed by atoms with van der Waals surface area (Å²) in [4.78, 5) is 25.4. The minimum absolute atomic E-state index is 0.169. The van der Waals surface area contributed by atoms with Crippen molar-refractivity contribution in [3.05, 3.63) is 23.8 Å². The molecule has 0 radical (unpaired) electrons. The van der Waals surface area contributed by atoms with Crippen molar-refractivity contribution in [1.29, 1.82) is 0 Å². The van der Waals surface area contributed by atoms with Gasteiger partial charge in [0.1, 0.15) is 0 Å². The number of hydrogen-bond donors (Lipinski definition) is 2. The van der Waals surface area contributed by atoms with Crippen molar-refractivity contribution in [2.45, 2.75) is 19.8 Å². The summed E-state index contributed by atoms with van der Waals surface area (Å²) in [5, 5.41) is 0. The molecule has 1 aromatic rings. The van der Waals surface area contributed by atoms with Gasteiger partial charge in [-0.25, -0.2) is 0 Å². The summed E-state index contributed by atoms with van der Waals surface area (Å²) in [6, 6.07) is 5.24. The van der Waals surface area contributed by atoms with Crippen LogP contribution in [0.2, 0.25) is 0 Å². The smallest absolute Gasteiger partial charge is 0.237 e. The molecular formula is C13H17N3O2. The van der Waals surface area contributed by atoms with Crippen LogP contribution < -0.4 is 16.4 Å². The van der Waals surface area contributed by atoms with Crippen LogP contribution in [0.4, 0.5) is 11.4 Å². The fourth-order valence-corrected chi connectivity index (χ4v) is 2.07. The van der Waals surface area contributed by atoms with E-state index in [1.54, 1.807) is 19.1 Å². The molecule has 0 saturated heterocycles. The molecule has 2 rings (SSSR count). The average molecular weight is 247 g/mol. The zero-order valence-corrected chi connectivity index (χ0v) is 10.3. The van der Waals surface area contributed by atoms with Crippen molar-refractivity contribution < 1.29 is 9.59 Å². The number of benzene rings is 1. The number of fused-ring (bicyclic) bond motifs is 1. The highest BCUT2D eigenvalue weighted by Gasteiger charge is 2.31. The number of anilines is 2. The normalized spacial score (nSPS) is 16.3. The minimum atomic E-state index is -0.363. The number of rotatable bonds is 2. The number of nitrogens with two attached hydrogens (primary N) is 2. The van der Waals surface area contributed by atoms with Crippen molar-refractivity contribution in [2.24, 2.45) is 11.7 Å². The van der Waals surface area contributed by atoms with Gasteiger partial charge in [-0.05, 0) is 30.2 Å². The van der Waals surface area contributed by atoms with Gasteiger partial charge in [-0.2, -0.15) is 0 Å². The lowest BCUT2D eigenvalue weighted by Crippen LogP contribution is -2.44. The van der Waals surface area contributed by atoms with Gasteiger partial charge in [0.15, 0.2) is 0 Å². The highest BCUT2D eigenvalue weighted by atomic mass is 16.2. The summed E-state index contributed by atoms with van der Waals surface area (Å²) in [6.45, 7) is 1.95. The van der Waals surface area contributed by atoms with Gasteiger partial charge in [0, 0.05) is 24.6 Å². The van der Waals surface area contributed by atoms with E-state index in [0.29, 0.717) is 24.2 Å². The van der Waals surface area contributed by atoms with Crippen molar-refractivity contribution in [3.8, 4) is 0 Å². The van der Waals surface area contributed by atoms with Crippen LogP contribution in [0.15, 0.2) is 18.2 Å². The third-order valence-corrected chi connectivity index (χ3v) is 3.20. The van der Waals surface area contributed by atoms with E-state index < -0.39 is 0 Å². The number of aryl methyl sites for hydroxylation is 1. The molecule has 1 atom stereocenters. The molecule has 4 N–H and O–H groups in total. The van der Waals surface area contributed by atoms with E-state index in [-0.39, 0.29) is 24.3 Å². The Morgan fingerprint density at radius 1 is 1.44 bits per heavy atom. The molecule has 0 fully saturated rings. The molecule has 0 aliphatic carbocycles. The largest absolute Gasteiger partial charge is 0.399 e. The number of hydrogen-bond acceptors (Lipinski definition) is 4. The molecule has 1 aliphatic heterocycles. The highest BCUT2D eigenvalue weighted by molar-refractivity contribution is 6.17. The van der Waals surface area contributed by atoms with Crippen LogP contribution in [0.3, 0.4) is 0 Å². The maximum atomic E-state index is 12.2. The Morgan fingerprint density at radius 3 is 2.83 bits per heavy atom. The zero-order chi connectivity index (χ0) is 13.3. The standard InChI is InChI=1S/C13H17N3O2/c1-8(7-14)13(18)16-11-4-3-10(15)6-9(11)2-5-12(16)17/h3-4,6,8H,2,5,7,14-15H2,1H3. The van der Waals surface area contributed by atoms with Gasteiger partial charge >= 0.3 is 0 Å². The maximum Gasteiger partial charge on any atom is 0.237 e. The first kappa shape index (κ1) is 12.6. The lowest BCUT2D eigenvalue weighted by Gasteiger charge is -2.29. The van der Waals surface area contributed by atoms with Crippen LogP contribution in [-0.2, 0) is 16.0 Å². The fraction of sp³-hybridized carbons (Fsp3) is 0.385. The molecule has 1 aromatic carbocycles. The van der Waals surface area contributed by atoms with E-state index in [9.17, 15) is 9.59 Å². The van der Waals surface area contributed by atoms with Gasteiger partial charge in [-0.1, -0.05) is 6.92 Å². The van der Waals surface area contributed by atoms with Gasteiger partial charge in [0.05, 0.1) is 5.69 Å². The Kier molecular flexibility index (Phi) is 3.34. The third-order valence-electron chi connectivity index (χ3n) is 3.20. The predicted molar refractivity (Wildman–Crippen MR) is 69.9 cm³/mol. The second-order valence-corrected chi connectivity index (χ2v) is 4.59. The number of imide groups is 1. The average Bonchev–Trinajstić information content (AvgIpc) is 2.37. The molecule has 1 aliphatic rings. The SMILES string of the molecule is CC(CN)C(=O)N1C(=O)CCc2cc(N)ccc21. The summed E-state index contributed by atoms with van der Waals surface area (Å²) in [6.07, 6.45) is 0.958. The van der Waals surface area contributed by atoms with E-state index >= 15 is 0 Å². The van der Waals surface area contributed by atoms with E-state index in [1.165, 1.54) is 4.90 Å². The lowest BCUT2D eigenvalue weighted by molar-refractivity contribution is -0.128. The molecule has 1 unspecified atom stereocenters. The first-order valence-electron chi connectivity index (χ1n) is 6.00. The lowest BCUT2D eigenvalue weighted by atomic mass is 9.98. The van der Waals surface area contributed by atoms with Crippen LogP contribution in [0, 0.1) is 5.92 Å². The zero-order valence-electron chi connectivity index (χ0n) is 10.3. The third kappa shape index (κ3) is 2.09. The Bertz CT molecular complexity index is 499. The first-order chi connectivity index (χ1) is 8.54. The molecule has 2 amide bonds. The molecular weight excluding hydrogens is 230 g/mol. The van der Waals surface area contributed by atoms with Crippen molar-refractivity contribution in [2.75, 3.05) is 17.2 Å². The summed E-state index contributed by atoms with van der Waals surface area (Å²) in [5.74, 6) is -0.775. The van der Waals surface area contributed by atoms with Gasteiger partial charge in [0.2, 0.25) is 11.8 Å². The Morgan fingerprint density at radius 2 is 2.17 bits per heavy atom. The molecule has 0 saturated carbocycles. The quantitative estimate of drug-likeness (QED) is 0.752. The van der Waals surface area contributed by atoms with Crippen LogP contribution >= 0.6 is 0 Å². The van der Waals surface area contributed by atoms with Crippen LogP contribution in [-0.4, -0.2) is 18.4 Å². The van der Waals surface area contributed by atoms with Crippen molar-refractivity contribution in [1.82, 2.24) is 0 Å². The Balaban J connectivity index is 2.42. The number of nitrogen functional groups attached to an aromatic ring is 1. The van der Waals surface area contributed by atoms with Crippen LogP contribution in [0.5, 0.6) is 0 Å². The molecule has 18 heavy (non-hydrogen) atoms. The van der Waals surface area contributed by atoms with E-state index in [1.807, 2.05) is 6.07 Å². The van der Waals surface area contributed by atoms with Gasteiger partial charge in [-0.15, -0.1) is 0 Å². The topological polar surface area (TPSA) is 89.4 Å². The van der Waals surface area contributed by atoms with Crippen molar-refractivity contribution >= 4 is 23.2 Å². The monoisotopic (exact) mass is 247 g/mol. The molecule has 5 nitrogen and oxygen atoms in total. The van der Waals surface area contributed by atoms with Gasteiger partial charge in [0.25, 0.3) is 0 Å². The second kappa shape index (κ2) is 4.78. The van der Waals surface area contributed by atoms with Crippen LogP contribution in [0.25, 0.3) is 0 Å². The Hall–Kier alpha value is -1.88. The van der Waals surface area contributed by atoms with E-state index in [4.69, 9.17) is 11.5 Å². The Labute approximate surface area is 106 Å². The number of nitrogens with zero attached hydrogens (tertiary/aromatic N) is 1. The molecule has 1 heterocycles.